The second-order valence-electron chi connectivity index (χ2n) is 6.58. The van der Waals surface area contributed by atoms with Crippen LogP contribution >= 0.6 is 34.4 Å². The molecule has 0 amide bonds. The number of nitrogens with zero attached hydrogens (tertiary/aromatic N) is 5. The Balaban J connectivity index is 1.59. The fourth-order valence-electron chi connectivity index (χ4n) is 3.01. The van der Waals surface area contributed by atoms with Crippen LogP contribution in [0.2, 0.25) is 0 Å². The summed E-state index contributed by atoms with van der Waals surface area (Å²) in [6.07, 6.45) is 0. The quantitative estimate of drug-likeness (QED) is 0.348. The van der Waals surface area contributed by atoms with Crippen LogP contribution in [0, 0.1) is 0 Å². The minimum atomic E-state index is 0.810. The molecule has 8 heteroatoms. The van der Waals surface area contributed by atoms with E-state index in [1.807, 2.05) is 38.4 Å². The van der Waals surface area contributed by atoms with Gasteiger partial charge in [0.15, 0.2) is 10.2 Å². The molecule has 0 aliphatic carbocycles. The maximum absolute atomic E-state index is 4.75. The molecule has 0 aliphatic rings. The van der Waals surface area contributed by atoms with Gasteiger partial charge >= 0.3 is 0 Å². The first-order valence-corrected chi connectivity index (χ1v) is 11.5. The molecule has 5 rings (SSSR count). The van der Waals surface area contributed by atoms with Crippen molar-refractivity contribution >= 4 is 50.3 Å². The summed E-state index contributed by atoms with van der Waals surface area (Å²) in [5.41, 5.74) is 3.20. The van der Waals surface area contributed by atoms with Crippen molar-refractivity contribution in [2.45, 2.75) is 9.50 Å². The zero-order valence-electron chi connectivity index (χ0n) is 15.8. The lowest BCUT2D eigenvalue weighted by molar-refractivity contribution is 0.886. The number of fused-ring (bicyclic) bond motifs is 1. The molecule has 0 spiro atoms. The van der Waals surface area contributed by atoms with Gasteiger partial charge in [0.25, 0.3) is 0 Å². The molecule has 0 unspecified atom stereocenters. The standard InChI is InChI=1S/C21H17N5S3/c1-25(2)14-9-11-15(12-10-14)26-19(18-8-5-13-27-18)23-24-20(26)29-21-22-16-6-3-4-7-17(16)28-21/h3-13H,1-2H3. The Bertz CT molecular complexity index is 1220. The number of thiophene rings is 1. The van der Waals surface area contributed by atoms with Gasteiger partial charge in [-0.1, -0.05) is 18.2 Å². The lowest BCUT2D eigenvalue weighted by Gasteiger charge is -2.14. The third-order valence-electron chi connectivity index (χ3n) is 4.45. The Hall–Kier alpha value is -2.68. The van der Waals surface area contributed by atoms with Crippen LogP contribution in [0.4, 0.5) is 5.69 Å². The van der Waals surface area contributed by atoms with Crippen molar-refractivity contribution in [2.24, 2.45) is 0 Å². The fourth-order valence-corrected chi connectivity index (χ4v) is 5.73. The molecule has 0 aliphatic heterocycles. The van der Waals surface area contributed by atoms with Crippen molar-refractivity contribution in [3.05, 3.63) is 66.0 Å². The molecule has 3 heterocycles. The topological polar surface area (TPSA) is 46.8 Å². The minimum Gasteiger partial charge on any atom is -0.378 e. The maximum atomic E-state index is 4.75. The van der Waals surface area contributed by atoms with Crippen LogP contribution in [0.3, 0.4) is 0 Å². The molecule has 0 atom stereocenters. The van der Waals surface area contributed by atoms with Gasteiger partial charge in [-0.25, -0.2) is 4.98 Å². The van der Waals surface area contributed by atoms with E-state index in [9.17, 15) is 0 Å². The Kier molecular flexibility index (Phi) is 4.83. The molecule has 0 saturated carbocycles. The van der Waals surface area contributed by atoms with E-state index in [0.717, 1.165) is 37.1 Å². The van der Waals surface area contributed by atoms with Gasteiger partial charge in [0.1, 0.15) is 0 Å². The minimum absolute atomic E-state index is 0.810. The van der Waals surface area contributed by atoms with Gasteiger partial charge in [0.05, 0.1) is 15.1 Å². The van der Waals surface area contributed by atoms with Crippen LogP contribution in [0.5, 0.6) is 0 Å². The first-order valence-electron chi connectivity index (χ1n) is 8.99. The Morgan fingerprint density at radius 3 is 2.48 bits per heavy atom. The molecule has 0 N–H and O–H groups in total. The van der Waals surface area contributed by atoms with E-state index in [4.69, 9.17) is 4.98 Å². The van der Waals surface area contributed by atoms with Gasteiger partial charge in [0.2, 0.25) is 5.16 Å². The Morgan fingerprint density at radius 2 is 1.76 bits per heavy atom. The summed E-state index contributed by atoms with van der Waals surface area (Å²) in [6, 6.07) is 20.7. The number of rotatable bonds is 5. The molecule has 2 aromatic carbocycles. The van der Waals surface area contributed by atoms with Crippen molar-refractivity contribution in [2.75, 3.05) is 19.0 Å². The first kappa shape index (κ1) is 18.4. The highest BCUT2D eigenvalue weighted by atomic mass is 32.2. The summed E-state index contributed by atoms with van der Waals surface area (Å²) in [5, 5.41) is 11.9. The van der Waals surface area contributed by atoms with E-state index < -0.39 is 0 Å². The van der Waals surface area contributed by atoms with Crippen LogP contribution in [0.25, 0.3) is 26.6 Å². The fraction of sp³-hybridized carbons (Fsp3) is 0.0952. The van der Waals surface area contributed by atoms with Crippen molar-refractivity contribution < 1.29 is 0 Å². The molecule has 5 nitrogen and oxygen atoms in total. The van der Waals surface area contributed by atoms with Crippen LogP contribution in [-0.2, 0) is 0 Å². The lowest BCUT2D eigenvalue weighted by Crippen LogP contribution is -2.08. The number of thiazole rings is 1. The van der Waals surface area contributed by atoms with Crippen molar-refractivity contribution in [1.82, 2.24) is 19.7 Å². The van der Waals surface area contributed by atoms with Gasteiger partial charge in [0, 0.05) is 25.5 Å². The zero-order valence-corrected chi connectivity index (χ0v) is 18.3. The van der Waals surface area contributed by atoms with E-state index in [1.54, 1.807) is 34.4 Å². The molecular weight excluding hydrogens is 418 g/mol. The smallest absolute Gasteiger partial charge is 0.203 e. The van der Waals surface area contributed by atoms with Crippen molar-refractivity contribution in [3.63, 3.8) is 0 Å². The zero-order chi connectivity index (χ0) is 19.8. The van der Waals surface area contributed by atoms with Gasteiger partial charge in [-0.15, -0.1) is 32.9 Å². The molecule has 29 heavy (non-hydrogen) atoms. The third kappa shape index (κ3) is 3.55. The summed E-state index contributed by atoms with van der Waals surface area (Å²) in [7, 11) is 4.08. The van der Waals surface area contributed by atoms with E-state index in [2.05, 4.69) is 61.4 Å². The molecule has 144 valence electrons. The predicted octanol–water partition coefficient (Wildman–Crippen LogP) is 5.82. The normalized spacial score (nSPS) is 11.2. The summed E-state index contributed by atoms with van der Waals surface area (Å²) >= 11 is 4.89. The number of hydrogen-bond acceptors (Lipinski definition) is 7. The van der Waals surface area contributed by atoms with Gasteiger partial charge in [-0.2, -0.15) is 0 Å². The van der Waals surface area contributed by atoms with Crippen LogP contribution in [0.1, 0.15) is 0 Å². The summed E-state index contributed by atoms with van der Waals surface area (Å²) in [5.74, 6) is 0.848. The Morgan fingerprint density at radius 1 is 0.931 bits per heavy atom. The average Bonchev–Trinajstić information content (AvgIpc) is 3.47. The molecule has 0 saturated heterocycles. The monoisotopic (exact) mass is 435 g/mol. The molecule has 0 fully saturated rings. The SMILES string of the molecule is CN(C)c1ccc(-n2c(Sc3nc4ccccc4s3)nnc2-c2cccs2)cc1. The van der Waals surface area contributed by atoms with Crippen LogP contribution in [0.15, 0.2) is 75.5 Å². The number of anilines is 1. The summed E-state index contributed by atoms with van der Waals surface area (Å²) in [6.45, 7) is 0. The highest BCUT2D eigenvalue weighted by molar-refractivity contribution is 8.01. The molecule has 0 radical (unpaired) electrons. The van der Waals surface area contributed by atoms with E-state index in [0.29, 0.717) is 0 Å². The number of hydrogen-bond donors (Lipinski definition) is 0. The van der Waals surface area contributed by atoms with E-state index >= 15 is 0 Å². The molecule has 0 bridgehead atoms. The van der Waals surface area contributed by atoms with E-state index in [-0.39, 0.29) is 0 Å². The first-order chi connectivity index (χ1) is 14.2. The lowest BCUT2D eigenvalue weighted by atomic mass is 10.2. The molecule has 3 aromatic heterocycles. The highest BCUT2D eigenvalue weighted by Crippen LogP contribution is 2.37. The van der Waals surface area contributed by atoms with E-state index in [1.165, 1.54) is 4.70 Å². The van der Waals surface area contributed by atoms with Crippen LogP contribution < -0.4 is 4.90 Å². The number of benzene rings is 2. The van der Waals surface area contributed by atoms with Crippen LogP contribution in [-0.4, -0.2) is 33.8 Å². The van der Waals surface area contributed by atoms with Crippen molar-refractivity contribution in [1.29, 1.82) is 0 Å². The third-order valence-corrected chi connectivity index (χ3v) is 7.36. The largest absolute Gasteiger partial charge is 0.378 e. The van der Waals surface area contributed by atoms with Gasteiger partial charge in [-0.05, 0) is 59.6 Å². The number of aromatic nitrogens is 4. The Labute approximate surface area is 180 Å². The second-order valence-corrected chi connectivity index (χ2v) is 9.77. The summed E-state index contributed by atoms with van der Waals surface area (Å²) < 4.78 is 4.25. The second kappa shape index (κ2) is 7.62. The summed E-state index contributed by atoms with van der Waals surface area (Å²) in [4.78, 5) is 7.93. The maximum Gasteiger partial charge on any atom is 0.203 e. The average molecular weight is 436 g/mol. The van der Waals surface area contributed by atoms with Gasteiger partial charge in [-0.3, -0.25) is 4.57 Å². The number of para-hydroxylation sites is 1. The highest BCUT2D eigenvalue weighted by Gasteiger charge is 2.19. The molecule has 5 aromatic rings. The van der Waals surface area contributed by atoms with Crippen molar-refractivity contribution in [3.8, 4) is 16.4 Å². The van der Waals surface area contributed by atoms with Gasteiger partial charge < -0.3 is 4.90 Å². The predicted molar refractivity (Wildman–Crippen MR) is 123 cm³/mol. The molecular formula is C21H17N5S3.